The van der Waals surface area contributed by atoms with Gasteiger partial charge in [0.2, 0.25) is 0 Å². The molecule has 2 rings (SSSR count). The van der Waals surface area contributed by atoms with Crippen LogP contribution in [0.2, 0.25) is 5.02 Å². The summed E-state index contributed by atoms with van der Waals surface area (Å²) in [6.07, 6.45) is 0. The number of hydrogen-bond donors (Lipinski definition) is 2. The molecule has 1 unspecified atom stereocenters. The number of halogens is 2. The number of hydrogen-bond acceptors (Lipinski definition) is 3. The van der Waals surface area contributed by atoms with Crippen molar-refractivity contribution in [1.29, 1.82) is 0 Å². The zero-order chi connectivity index (χ0) is 18.9. The van der Waals surface area contributed by atoms with Crippen molar-refractivity contribution in [3.05, 3.63) is 64.7 Å². The standard InChI is InChI=1S/C20H27ClN4O.HI/c1-22-20(23-13-15-5-11-18(26-4)12-6-15)24-14-19(25(2)3)16-7-9-17(21)10-8-16;/h5-12,19H,13-14H2,1-4H3,(H2,22,23,24);1H. The van der Waals surface area contributed by atoms with Crippen LogP contribution in [0.3, 0.4) is 0 Å². The Morgan fingerprint density at radius 3 is 2.22 bits per heavy atom. The molecule has 2 aromatic rings. The van der Waals surface area contributed by atoms with Crippen LogP contribution >= 0.6 is 35.6 Å². The molecule has 7 heteroatoms. The van der Waals surface area contributed by atoms with E-state index in [1.165, 1.54) is 5.56 Å². The quantitative estimate of drug-likeness (QED) is 0.342. The van der Waals surface area contributed by atoms with E-state index in [1.807, 2.05) is 36.4 Å². The van der Waals surface area contributed by atoms with Crippen LogP contribution in [0, 0.1) is 0 Å². The summed E-state index contributed by atoms with van der Waals surface area (Å²) in [5.41, 5.74) is 2.37. The molecule has 0 saturated heterocycles. The van der Waals surface area contributed by atoms with Crippen LogP contribution in [-0.4, -0.2) is 45.7 Å². The lowest BCUT2D eigenvalue weighted by molar-refractivity contribution is 0.298. The Morgan fingerprint density at radius 1 is 1.07 bits per heavy atom. The van der Waals surface area contributed by atoms with E-state index in [2.05, 4.69) is 46.8 Å². The van der Waals surface area contributed by atoms with Crippen LogP contribution in [0.4, 0.5) is 0 Å². The molecule has 1 atom stereocenters. The molecule has 5 nitrogen and oxygen atoms in total. The van der Waals surface area contributed by atoms with Gasteiger partial charge in [-0.1, -0.05) is 35.9 Å². The van der Waals surface area contributed by atoms with Crippen molar-refractivity contribution in [3.63, 3.8) is 0 Å². The Hall–Kier alpha value is -1.51. The highest BCUT2D eigenvalue weighted by molar-refractivity contribution is 14.0. The van der Waals surface area contributed by atoms with Gasteiger partial charge in [0, 0.05) is 25.2 Å². The maximum atomic E-state index is 6.00. The zero-order valence-corrected chi connectivity index (χ0v) is 19.3. The van der Waals surface area contributed by atoms with Crippen molar-refractivity contribution in [2.45, 2.75) is 12.6 Å². The molecule has 0 aliphatic carbocycles. The molecular formula is C20H28ClIN4O. The Kier molecular flexibility index (Phi) is 10.5. The van der Waals surface area contributed by atoms with Crippen LogP contribution in [-0.2, 0) is 6.54 Å². The molecule has 0 fully saturated rings. The van der Waals surface area contributed by atoms with E-state index >= 15 is 0 Å². The monoisotopic (exact) mass is 502 g/mol. The third kappa shape index (κ3) is 7.56. The number of methoxy groups -OCH3 is 1. The van der Waals surface area contributed by atoms with E-state index in [0.717, 1.165) is 28.8 Å². The molecule has 0 spiro atoms. The zero-order valence-electron chi connectivity index (χ0n) is 16.2. The minimum absolute atomic E-state index is 0. The van der Waals surface area contributed by atoms with Gasteiger partial charge in [0.15, 0.2) is 5.96 Å². The van der Waals surface area contributed by atoms with Gasteiger partial charge in [0.05, 0.1) is 13.2 Å². The predicted molar refractivity (Wildman–Crippen MR) is 124 cm³/mol. The number of nitrogens with one attached hydrogen (secondary N) is 2. The number of likely N-dealkylation sites (N-methyl/N-ethyl adjacent to an activating group) is 1. The van der Waals surface area contributed by atoms with Crippen LogP contribution in [0.1, 0.15) is 17.2 Å². The molecular weight excluding hydrogens is 475 g/mol. The highest BCUT2D eigenvalue weighted by atomic mass is 127. The molecule has 2 aromatic carbocycles. The lowest BCUT2D eigenvalue weighted by atomic mass is 10.1. The fourth-order valence-corrected chi connectivity index (χ4v) is 2.75. The normalized spacial score (nSPS) is 12.3. The van der Waals surface area contributed by atoms with Gasteiger partial charge < -0.3 is 20.3 Å². The maximum Gasteiger partial charge on any atom is 0.191 e. The van der Waals surface area contributed by atoms with Crippen molar-refractivity contribution in [3.8, 4) is 5.75 Å². The molecule has 0 aromatic heterocycles. The Balaban J connectivity index is 0.00000364. The number of guanidine groups is 1. The average Bonchev–Trinajstić information content (AvgIpc) is 2.66. The minimum Gasteiger partial charge on any atom is -0.497 e. The fraction of sp³-hybridized carbons (Fsp3) is 0.350. The second-order valence-corrected chi connectivity index (χ2v) is 6.62. The van der Waals surface area contributed by atoms with Crippen LogP contribution in [0.15, 0.2) is 53.5 Å². The molecule has 27 heavy (non-hydrogen) atoms. The van der Waals surface area contributed by atoms with E-state index in [1.54, 1.807) is 14.2 Å². The summed E-state index contributed by atoms with van der Waals surface area (Å²) < 4.78 is 5.18. The van der Waals surface area contributed by atoms with Gasteiger partial charge in [0.1, 0.15) is 5.75 Å². The number of ether oxygens (including phenoxy) is 1. The Labute approximate surface area is 184 Å². The molecule has 0 heterocycles. The number of aliphatic imine (C=N–C) groups is 1. The van der Waals surface area contributed by atoms with Gasteiger partial charge in [-0.25, -0.2) is 0 Å². The SMILES string of the molecule is CN=C(NCc1ccc(OC)cc1)NCC(c1ccc(Cl)cc1)N(C)C.I. The van der Waals surface area contributed by atoms with E-state index < -0.39 is 0 Å². The van der Waals surface area contributed by atoms with Crippen LogP contribution < -0.4 is 15.4 Å². The predicted octanol–water partition coefficient (Wildman–Crippen LogP) is 3.93. The van der Waals surface area contributed by atoms with Gasteiger partial charge in [-0.2, -0.15) is 0 Å². The van der Waals surface area contributed by atoms with Crippen molar-refractivity contribution >= 4 is 41.5 Å². The third-order valence-corrected chi connectivity index (χ3v) is 4.44. The van der Waals surface area contributed by atoms with Crippen LogP contribution in [0.25, 0.3) is 0 Å². The summed E-state index contributed by atoms with van der Waals surface area (Å²) in [6, 6.07) is 16.2. The summed E-state index contributed by atoms with van der Waals surface area (Å²) >= 11 is 6.00. The second kappa shape index (κ2) is 12.0. The Morgan fingerprint density at radius 2 is 1.70 bits per heavy atom. The summed E-state index contributed by atoms with van der Waals surface area (Å²) in [4.78, 5) is 6.48. The maximum absolute atomic E-state index is 6.00. The lowest BCUT2D eigenvalue weighted by Crippen LogP contribution is -2.41. The minimum atomic E-state index is 0. The molecule has 0 aliphatic rings. The van der Waals surface area contributed by atoms with Crippen molar-refractivity contribution in [2.75, 3.05) is 34.8 Å². The molecule has 148 valence electrons. The van der Waals surface area contributed by atoms with Crippen molar-refractivity contribution in [1.82, 2.24) is 15.5 Å². The summed E-state index contributed by atoms with van der Waals surface area (Å²) in [7, 11) is 7.57. The third-order valence-electron chi connectivity index (χ3n) is 4.18. The first-order valence-electron chi connectivity index (χ1n) is 8.53. The molecule has 0 radical (unpaired) electrons. The lowest BCUT2D eigenvalue weighted by Gasteiger charge is -2.26. The van der Waals surface area contributed by atoms with Gasteiger partial charge in [-0.15, -0.1) is 24.0 Å². The van der Waals surface area contributed by atoms with E-state index in [0.29, 0.717) is 6.54 Å². The summed E-state index contributed by atoms with van der Waals surface area (Å²) in [5, 5.41) is 7.48. The molecule has 2 N–H and O–H groups in total. The topological polar surface area (TPSA) is 48.9 Å². The first-order valence-corrected chi connectivity index (χ1v) is 8.90. The summed E-state index contributed by atoms with van der Waals surface area (Å²) in [6.45, 7) is 1.42. The van der Waals surface area contributed by atoms with Gasteiger partial charge in [-0.05, 0) is 49.5 Å². The molecule has 0 bridgehead atoms. The van der Waals surface area contributed by atoms with E-state index in [-0.39, 0.29) is 30.0 Å². The second-order valence-electron chi connectivity index (χ2n) is 6.19. The van der Waals surface area contributed by atoms with E-state index in [4.69, 9.17) is 16.3 Å². The molecule has 0 saturated carbocycles. The molecule has 0 aliphatic heterocycles. The smallest absolute Gasteiger partial charge is 0.191 e. The van der Waals surface area contributed by atoms with Gasteiger partial charge >= 0.3 is 0 Å². The number of rotatable bonds is 7. The van der Waals surface area contributed by atoms with Crippen molar-refractivity contribution in [2.24, 2.45) is 4.99 Å². The molecule has 0 amide bonds. The highest BCUT2D eigenvalue weighted by Crippen LogP contribution is 2.19. The van der Waals surface area contributed by atoms with E-state index in [9.17, 15) is 0 Å². The summed E-state index contributed by atoms with van der Waals surface area (Å²) in [5.74, 6) is 1.62. The number of nitrogens with zero attached hydrogens (tertiary/aromatic N) is 2. The van der Waals surface area contributed by atoms with Crippen molar-refractivity contribution < 1.29 is 4.74 Å². The highest BCUT2D eigenvalue weighted by Gasteiger charge is 2.14. The van der Waals surface area contributed by atoms with Gasteiger partial charge in [0.25, 0.3) is 0 Å². The van der Waals surface area contributed by atoms with Crippen LogP contribution in [0.5, 0.6) is 5.75 Å². The first-order chi connectivity index (χ1) is 12.5. The van der Waals surface area contributed by atoms with Gasteiger partial charge in [-0.3, -0.25) is 4.99 Å². The largest absolute Gasteiger partial charge is 0.497 e. The number of benzene rings is 2. The first kappa shape index (κ1) is 23.5. The average molecular weight is 503 g/mol. The Bertz CT molecular complexity index is 705. The fourth-order valence-electron chi connectivity index (χ4n) is 2.63.